The molecule has 1 heterocycles. The van der Waals surface area contributed by atoms with E-state index in [1.807, 2.05) is 12.1 Å². The third-order valence-electron chi connectivity index (χ3n) is 2.88. The highest BCUT2D eigenvalue weighted by Crippen LogP contribution is 2.25. The molecular formula is C15H18N2O4. The molecule has 21 heavy (non-hydrogen) atoms. The minimum Gasteiger partial charge on any atom is -0.493 e. The number of anilines is 1. The van der Waals surface area contributed by atoms with Crippen LogP contribution in [0.15, 0.2) is 36.5 Å². The van der Waals surface area contributed by atoms with Crippen molar-refractivity contribution >= 4 is 11.7 Å². The monoisotopic (exact) mass is 290 g/mol. The molecule has 2 N–H and O–H groups in total. The number of carbonyl (C=O) groups is 1. The van der Waals surface area contributed by atoms with Crippen LogP contribution >= 0.6 is 0 Å². The highest BCUT2D eigenvalue weighted by molar-refractivity contribution is 5.89. The van der Waals surface area contributed by atoms with Gasteiger partial charge < -0.3 is 24.5 Å². The summed E-state index contributed by atoms with van der Waals surface area (Å²) in [6.45, 7) is 0.383. The van der Waals surface area contributed by atoms with Gasteiger partial charge in [-0.05, 0) is 18.2 Å². The van der Waals surface area contributed by atoms with Gasteiger partial charge >= 0.3 is 5.97 Å². The normalized spacial score (nSPS) is 10.2. The quantitative estimate of drug-likeness (QED) is 0.649. The van der Waals surface area contributed by atoms with Crippen molar-refractivity contribution in [3.05, 3.63) is 42.2 Å². The van der Waals surface area contributed by atoms with Gasteiger partial charge in [0.25, 0.3) is 0 Å². The molecule has 0 fully saturated rings. The molecule has 0 unspecified atom stereocenters. The fourth-order valence-electron chi connectivity index (χ4n) is 1.89. The van der Waals surface area contributed by atoms with Crippen LogP contribution in [-0.4, -0.2) is 30.9 Å². The molecule has 2 rings (SSSR count). The van der Waals surface area contributed by atoms with Crippen molar-refractivity contribution in [1.29, 1.82) is 0 Å². The summed E-state index contributed by atoms with van der Waals surface area (Å²) in [6.07, 6.45) is 1.65. The van der Waals surface area contributed by atoms with Gasteiger partial charge in [-0.2, -0.15) is 0 Å². The van der Waals surface area contributed by atoms with E-state index in [1.54, 1.807) is 43.1 Å². The largest absolute Gasteiger partial charge is 0.493 e. The molecule has 0 atom stereocenters. The van der Waals surface area contributed by atoms with Crippen LogP contribution in [0.5, 0.6) is 11.5 Å². The van der Waals surface area contributed by atoms with Crippen LogP contribution < -0.4 is 15.2 Å². The molecular weight excluding hydrogens is 272 g/mol. The van der Waals surface area contributed by atoms with Gasteiger partial charge in [-0.15, -0.1) is 0 Å². The first-order chi connectivity index (χ1) is 10.1. The lowest BCUT2D eigenvalue weighted by atomic mass is 10.3. The fraction of sp³-hybridized carbons (Fsp3) is 0.267. The maximum absolute atomic E-state index is 11.8. The Balaban J connectivity index is 1.82. The average Bonchev–Trinajstić information content (AvgIpc) is 2.82. The summed E-state index contributed by atoms with van der Waals surface area (Å²) in [4.78, 5) is 11.8. The van der Waals surface area contributed by atoms with Crippen molar-refractivity contribution < 1.29 is 19.0 Å². The number of methoxy groups -OCH3 is 1. The molecule has 0 bridgehead atoms. The van der Waals surface area contributed by atoms with Gasteiger partial charge in [-0.1, -0.05) is 12.1 Å². The number of aromatic nitrogens is 1. The minimum atomic E-state index is -0.433. The molecule has 1 aromatic heterocycles. The maximum Gasteiger partial charge on any atom is 0.355 e. The molecule has 0 aliphatic carbocycles. The van der Waals surface area contributed by atoms with Crippen LogP contribution in [-0.2, 0) is 11.8 Å². The molecule has 2 aromatic rings. The molecule has 6 nitrogen and oxygen atoms in total. The second-order valence-electron chi connectivity index (χ2n) is 4.40. The summed E-state index contributed by atoms with van der Waals surface area (Å²) in [5, 5.41) is 0. The predicted molar refractivity (Wildman–Crippen MR) is 78.6 cm³/mol. The first-order valence-corrected chi connectivity index (χ1v) is 6.46. The topological polar surface area (TPSA) is 75.7 Å². The first-order valence-electron chi connectivity index (χ1n) is 6.46. The Hall–Kier alpha value is -2.63. The Bertz CT molecular complexity index is 622. The molecule has 112 valence electrons. The first kappa shape index (κ1) is 14.8. The van der Waals surface area contributed by atoms with Crippen LogP contribution in [0, 0.1) is 0 Å². The Morgan fingerprint density at radius 3 is 2.57 bits per heavy atom. The van der Waals surface area contributed by atoms with Crippen molar-refractivity contribution in [2.24, 2.45) is 7.05 Å². The fourth-order valence-corrected chi connectivity index (χ4v) is 1.89. The van der Waals surface area contributed by atoms with Crippen molar-refractivity contribution in [3.8, 4) is 11.5 Å². The van der Waals surface area contributed by atoms with Gasteiger partial charge in [0.05, 0.1) is 12.8 Å². The molecule has 6 heteroatoms. The summed E-state index contributed by atoms with van der Waals surface area (Å²) in [7, 11) is 3.31. The number of rotatable bonds is 6. The van der Waals surface area contributed by atoms with Crippen LogP contribution in [0.3, 0.4) is 0 Å². The molecule has 0 radical (unpaired) electrons. The Morgan fingerprint density at radius 2 is 1.95 bits per heavy atom. The number of nitrogen functional groups attached to an aromatic ring is 1. The highest BCUT2D eigenvalue weighted by atomic mass is 16.6. The SMILES string of the molecule is COc1ccccc1OCCOC(=O)c1cc(N)cn1C. The van der Waals surface area contributed by atoms with E-state index in [9.17, 15) is 4.79 Å². The highest BCUT2D eigenvalue weighted by Gasteiger charge is 2.12. The minimum absolute atomic E-state index is 0.141. The smallest absolute Gasteiger partial charge is 0.355 e. The molecule has 0 spiro atoms. The van der Waals surface area contributed by atoms with E-state index in [0.29, 0.717) is 22.9 Å². The number of aryl methyl sites for hydroxylation is 1. The number of nitrogens with two attached hydrogens (primary N) is 1. The Kier molecular flexibility index (Phi) is 4.71. The summed E-state index contributed by atoms with van der Waals surface area (Å²) < 4.78 is 17.4. The lowest BCUT2D eigenvalue weighted by molar-refractivity contribution is 0.0438. The summed E-state index contributed by atoms with van der Waals surface area (Å²) >= 11 is 0. The van der Waals surface area contributed by atoms with E-state index >= 15 is 0 Å². The number of esters is 1. The van der Waals surface area contributed by atoms with Gasteiger partial charge in [0, 0.05) is 13.2 Å². The maximum atomic E-state index is 11.8. The number of hydrogen-bond acceptors (Lipinski definition) is 5. The van der Waals surface area contributed by atoms with Gasteiger partial charge in [0.15, 0.2) is 11.5 Å². The summed E-state index contributed by atoms with van der Waals surface area (Å²) in [6, 6.07) is 8.86. The zero-order chi connectivity index (χ0) is 15.2. The molecule has 0 saturated carbocycles. The molecule has 1 aromatic carbocycles. The van der Waals surface area contributed by atoms with Crippen LogP contribution in [0.4, 0.5) is 5.69 Å². The standard InChI is InChI=1S/C15H18N2O4/c1-17-10-11(16)9-12(17)15(18)21-8-7-20-14-6-4-3-5-13(14)19-2/h3-6,9-10H,7-8,16H2,1-2H3. The second kappa shape index (κ2) is 6.69. The van der Waals surface area contributed by atoms with E-state index in [0.717, 1.165) is 0 Å². The van der Waals surface area contributed by atoms with E-state index in [2.05, 4.69) is 0 Å². The zero-order valence-corrected chi connectivity index (χ0v) is 12.0. The molecule has 0 aliphatic rings. The Morgan fingerprint density at radius 1 is 1.24 bits per heavy atom. The van der Waals surface area contributed by atoms with Crippen LogP contribution in [0.1, 0.15) is 10.5 Å². The number of ether oxygens (including phenoxy) is 3. The summed E-state index contributed by atoms with van der Waals surface area (Å²) in [5.41, 5.74) is 6.54. The van der Waals surface area contributed by atoms with Crippen molar-refractivity contribution in [1.82, 2.24) is 4.57 Å². The van der Waals surface area contributed by atoms with Crippen molar-refractivity contribution in [2.75, 3.05) is 26.1 Å². The number of para-hydroxylation sites is 2. The van der Waals surface area contributed by atoms with Crippen molar-refractivity contribution in [2.45, 2.75) is 0 Å². The van der Waals surface area contributed by atoms with Gasteiger partial charge in [-0.3, -0.25) is 0 Å². The van der Waals surface area contributed by atoms with E-state index in [1.165, 1.54) is 0 Å². The number of benzene rings is 1. The van der Waals surface area contributed by atoms with Crippen molar-refractivity contribution in [3.63, 3.8) is 0 Å². The number of hydrogen-bond donors (Lipinski definition) is 1. The zero-order valence-electron chi connectivity index (χ0n) is 12.0. The third kappa shape index (κ3) is 3.68. The van der Waals surface area contributed by atoms with Gasteiger partial charge in [0.2, 0.25) is 0 Å². The predicted octanol–water partition coefficient (Wildman–Crippen LogP) is 1.85. The van der Waals surface area contributed by atoms with E-state index in [-0.39, 0.29) is 13.2 Å². The lowest BCUT2D eigenvalue weighted by Gasteiger charge is -2.10. The van der Waals surface area contributed by atoms with Gasteiger partial charge in [0.1, 0.15) is 18.9 Å². The molecule has 0 aliphatic heterocycles. The molecule has 0 saturated heterocycles. The third-order valence-corrected chi connectivity index (χ3v) is 2.88. The van der Waals surface area contributed by atoms with E-state index < -0.39 is 5.97 Å². The Labute approximate surface area is 123 Å². The van der Waals surface area contributed by atoms with Crippen LogP contribution in [0.2, 0.25) is 0 Å². The summed E-state index contributed by atoms with van der Waals surface area (Å²) in [5.74, 6) is 0.816. The van der Waals surface area contributed by atoms with E-state index in [4.69, 9.17) is 19.9 Å². The number of nitrogens with zero attached hydrogens (tertiary/aromatic N) is 1. The second-order valence-corrected chi connectivity index (χ2v) is 4.40. The lowest BCUT2D eigenvalue weighted by Crippen LogP contribution is -2.14. The average molecular weight is 290 g/mol. The molecule has 0 amide bonds. The van der Waals surface area contributed by atoms with Crippen LogP contribution in [0.25, 0.3) is 0 Å². The van der Waals surface area contributed by atoms with Gasteiger partial charge in [-0.25, -0.2) is 4.79 Å². The number of carbonyl (C=O) groups excluding carboxylic acids is 1.